The molecule has 0 aliphatic carbocycles. The topological polar surface area (TPSA) is 614 Å². The van der Waals surface area contributed by atoms with Crippen molar-refractivity contribution in [2.24, 2.45) is 5.92 Å². The summed E-state index contributed by atoms with van der Waals surface area (Å²) in [7, 11) is 0. The molecule has 0 spiro atoms. The lowest BCUT2D eigenvalue weighted by Crippen LogP contribution is -2.65. The van der Waals surface area contributed by atoms with Crippen LogP contribution in [-0.4, -0.2) is 364 Å². The molecule has 0 aromatic carbocycles. The number of aliphatic hydroxyl groups is 16. The number of hydrogen-bond donors (Lipinski definition) is 18. The van der Waals surface area contributed by atoms with E-state index in [2.05, 4.69) is 13.8 Å². The van der Waals surface area contributed by atoms with Crippen LogP contribution < -0.4 is 0 Å². The molecule has 32 atom stereocenters. The molecule has 790 valence electrons. The normalized spacial score (nSPS) is 31.4. The van der Waals surface area contributed by atoms with Crippen LogP contribution in [0.4, 0.5) is 0 Å². The number of rotatable bonds is 68. The average Bonchev–Trinajstić information content (AvgIpc) is 0.783. The maximum atomic E-state index is 12.3. The van der Waals surface area contributed by atoms with Crippen molar-refractivity contribution in [1.29, 1.82) is 0 Å². The Morgan fingerprint density at radius 2 is 0.600 bits per heavy atom. The molecule has 0 radical (unpaired) electrons. The highest BCUT2D eigenvalue weighted by molar-refractivity contribution is 5.72. The number of aliphatic hydroxyl groups excluding tert-OH is 16. The summed E-state index contributed by atoms with van der Waals surface area (Å²) in [5.74, 6) is -5.12. The smallest absolute Gasteiger partial charge is 0.332 e. The highest BCUT2D eigenvalue weighted by Crippen LogP contribution is 2.37. The third-order valence-electron chi connectivity index (χ3n) is 25.4. The highest BCUT2D eigenvalue weighted by Gasteiger charge is 2.56. The zero-order chi connectivity index (χ0) is 99.5. The molecular formula is C95H170O40. The van der Waals surface area contributed by atoms with Crippen LogP contribution in [0, 0.1) is 5.92 Å². The van der Waals surface area contributed by atoms with E-state index in [-0.39, 0.29) is 37.8 Å². The summed E-state index contributed by atoms with van der Waals surface area (Å²) in [6.07, 6.45) is -7.72. The highest BCUT2D eigenvalue weighted by atomic mass is 16.8. The molecule has 32 unspecified atom stereocenters. The Labute approximate surface area is 795 Å². The predicted octanol–water partition coefficient (Wildman–Crippen LogP) is 5.54. The van der Waals surface area contributed by atoms with Crippen molar-refractivity contribution in [2.45, 2.75) is 521 Å². The molecule has 40 nitrogen and oxygen atoms in total. The first-order valence-electron chi connectivity index (χ1n) is 50.1. The number of unbranched alkanes of at least 4 members (excludes halogenated alkanes) is 26. The quantitative estimate of drug-likeness (QED) is 0.0202. The van der Waals surface area contributed by atoms with Crippen LogP contribution in [0.2, 0.25) is 0 Å². The molecule has 0 saturated carbocycles. The number of carboxylic acids is 2. The van der Waals surface area contributed by atoms with Gasteiger partial charge in [-0.15, -0.1) is 0 Å². The van der Waals surface area contributed by atoms with E-state index in [0.717, 1.165) is 213 Å². The van der Waals surface area contributed by atoms with Gasteiger partial charge in [0.15, 0.2) is 62.2 Å². The lowest BCUT2D eigenvalue weighted by Gasteiger charge is -2.46. The summed E-state index contributed by atoms with van der Waals surface area (Å²) in [5.41, 5.74) is 0. The monoisotopic (exact) mass is 1950 g/mol. The minimum absolute atomic E-state index is 0.0192. The zero-order valence-corrected chi connectivity index (χ0v) is 80.7. The van der Waals surface area contributed by atoms with Crippen LogP contribution in [0.5, 0.6) is 0 Å². The summed E-state index contributed by atoms with van der Waals surface area (Å²) in [6, 6.07) is 0. The Morgan fingerprint density at radius 3 is 0.926 bits per heavy atom. The fourth-order valence-electron chi connectivity index (χ4n) is 17.3. The minimum atomic E-state index is -1.90. The first-order chi connectivity index (χ1) is 64.5. The van der Waals surface area contributed by atoms with E-state index in [1.54, 1.807) is 0 Å². The maximum absolute atomic E-state index is 12.3. The summed E-state index contributed by atoms with van der Waals surface area (Å²) in [6.45, 7) is 8.84. The van der Waals surface area contributed by atoms with Crippen LogP contribution in [0.15, 0.2) is 0 Å². The van der Waals surface area contributed by atoms with E-state index in [4.69, 9.17) is 86.0 Å². The van der Waals surface area contributed by atoms with Gasteiger partial charge in [0.2, 0.25) is 0 Å². The third kappa shape index (κ3) is 46.3. The molecule has 0 aromatic heterocycles. The first-order valence-corrected chi connectivity index (χ1v) is 50.1. The fraction of sp³-hybridized carbons (Fsp3) is 0.937. The fourth-order valence-corrected chi connectivity index (χ4v) is 17.3. The van der Waals surface area contributed by atoms with E-state index in [1.165, 1.54) is 0 Å². The molecule has 40 heteroatoms. The standard InChI is InChI=1S/C49H88O20.C46H82O20/c1-5-6-7-18-23-33(24-20-22-32(51)21-17-15-13-11-9-8-10-12-14-16-19-25-34(52)46(60)61)66-48-44(39(55)35(53)27-63-48)69-49-45(41(57)37(29-64-49)65-31(4)50)68-47-43(59)42(58)40(56)36(67-47)28-62-38(54)26-30(2)3;1-4-5-6-17-22-31(23-19-21-30(49)20-16-14-12-10-8-7-9-11-13-15-18-24-32(50)43(57)58)63-45-41(36(52)33(51)25-60-45)66-46-42(38(54)35(27-61-46)62-29(3)48)65-44-40(56)39(55)37(53)34(64-44)26-59-28(2)47/h30,32-37,39-45,47-49,51-53,55-59H,5-29H2,1-4H3,(H,60,61);30-42,44-46,49-56H,4-27H2,1-3H3,(H,57,58). The molecule has 6 rings (SSSR count). The Bertz CT molecular complexity index is 3150. The number of hydrogen-bond acceptors (Lipinski definition) is 38. The SMILES string of the molecule is CCCCCCC(CCCC(O)CCCCCCCCCCCCCC(O)C(=O)O)OC1OCC(O)C(O)C1OC1OCC(OC(C)=O)C(O)C1OC1OC(COC(=O)CC(C)C)C(O)C(O)C1O.CCCCCCC(CCCC(O)CCCCCCCCCCCCCC(O)C(=O)O)OC1OCC(O)C(O)C1OC1OCC(OC(C)=O)C(O)C1OC1OC(COC(C)=O)C(O)C(O)C1O. The lowest BCUT2D eigenvalue weighted by atomic mass is 9.98. The summed E-state index contributed by atoms with van der Waals surface area (Å²) >= 11 is 0. The molecule has 6 fully saturated rings. The number of esters is 4. The van der Waals surface area contributed by atoms with Crippen molar-refractivity contribution in [3.05, 3.63) is 0 Å². The number of carboxylic acid groups (broad SMARTS) is 2. The molecule has 6 aliphatic heterocycles. The second-order valence-corrected chi connectivity index (χ2v) is 37.7. The van der Waals surface area contributed by atoms with Gasteiger partial charge >= 0.3 is 35.8 Å². The van der Waals surface area contributed by atoms with Gasteiger partial charge in [0.1, 0.15) is 123 Å². The molecule has 6 heterocycles. The van der Waals surface area contributed by atoms with Gasteiger partial charge in [-0.05, 0) is 83.0 Å². The van der Waals surface area contributed by atoms with E-state index in [0.29, 0.717) is 77.0 Å². The number of ether oxygens (including phenoxy) is 16. The Kier molecular flexibility index (Phi) is 61.1. The van der Waals surface area contributed by atoms with E-state index >= 15 is 0 Å². The minimum Gasteiger partial charge on any atom is -0.479 e. The van der Waals surface area contributed by atoms with E-state index in [9.17, 15) is 110 Å². The van der Waals surface area contributed by atoms with Gasteiger partial charge in [-0.3, -0.25) is 19.2 Å². The van der Waals surface area contributed by atoms with E-state index < -0.39 is 246 Å². The summed E-state index contributed by atoms with van der Waals surface area (Å²) in [4.78, 5) is 69.0. The molecule has 0 aromatic rings. The Hall–Kier alpha value is -4.30. The van der Waals surface area contributed by atoms with Gasteiger partial charge in [0, 0.05) is 27.2 Å². The van der Waals surface area contributed by atoms with Gasteiger partial charge in [0.05, 0.1) is 50.8 Å². The maximum Gasteiger partial charge on any atom is 0.332 e. The summed E-state index contributed by atoms with van der Waals surface area (Å²) < 4.78 is 93.1. The van der Waals surface area contributed by atoms with Crippen LogP contribution in [0.25, 0.3) is 0 Å². The van der Waals surface area contributed by atoms with E-state index in [1.807, 2.05) is 13.8 Å². The van der Waals surface area contributed by atoms with Crippen LogP contribution in [-0.2, 0) is 105 Å². The third-order valence-corrected chi connectivity index (χ3v) is 25.4. The molecular weight excluding hydrogens is 1780 g/mol. The molecule has 6 saturated heterocycles. The molecule has 135 heavy (non-hydrogen) atoms. The number of carbonyl (C=O) groups excluding carboxylic acids is 4. The zero-order valence-electron chi connectivity index (χ0n) is 80.7. The lowest BCUT2D eigenvalue weighted by molar-refractivity contribution is -0.380. The van der Waals surface area contributed by atoms with Gasteiger partial charge in [-0.2, -0.15) is 0 Å². The predicted molar refractivity (Wildman–Crippen MR) is 480 cm³/mol. The molecule has 18 N–H and O–H groups in total. The largest absolute Gasteiger partial charge is 0.479 e. The van der Waals surface area contributed by atoms with Crippen LogP contribution in [0.3, 0.4) is 0 Å². The van der Waals surface area contributed by atoms with Crippen molar-refractivity contribution < 1.29 is 196 Å². The van der Waals surface area contributed by atoms with Crippen LogP contribution in [0.1, 0.15) is 325 Å². The van der Waals surface area contributed by atoms with Gasteiger partial charge in [-0.25, -0.2) is 9.59 Å². The Balaban J connectivity index is 0.000000478. The summed E-state index contributed by atoms with van der Waals surface area (Å²) in [5, 5.41) is 189. The van der Waals surface area contributed by atoms with Gasteiger partial charge in [0.25, 0.3) is 0 Å². The van der Waals surface area contributed by atoms with Gasteiger partial charge < -0.3 is 168 Å². The van der Waals surface area contributed by atoms with Crippen molar-refractivity contribution in [3.63, 3.8) is 0 Å². The number of carbonyl (C=O) groups is 6. The van der Waals surface area contributed by atoms with Gasteiger partial charge in [-0.1, -0.05) is 220 Å². The van der Waals surface area contributed by atoms with Crippen molar-refractivity contribution in [1.82, 2.24) is 0 Å². The molecule has 0 bridgehead atoms. The van der Waals surface area contributed by atoms with Crippen molar-refractivity contribution >= 4 is 35.8 Å². The average molecular weight is 1950 g/mol. The van der Waals surface area contributed by atoms with Crippen molar-refractivity contribution in [2.75, 3.05) is 39.6 Å². The second kappa shape index (κ2) is 68.0. The molecule has 6 aliphatic rings. The number of aliphatic carboxylic acids is 2. The second-order valence-electron chi connectivity index (χ2n) is 37.7. The van der Waals surface area contributed by atoms with Crippen molar-refractivity contribution in [3.8, 4) is 0 Å². The first kappa shape index (κ1) is 121. The Morgan fingerprint density at radius 1 is 0.311 bits per heavy atom. The molecule has 0 amide bonds. The van der Waals surface area contributed by atoms with Crippen LogP contribution >= 0.6 is 0 Å².